The van der Waals surface area contributed by atoms with Crippen LogP contribution >= 0.6 is 23.2 Å². The number of aromatic nitrogens is 3. The van der Waals surface area contributed by atoms with E-state index in [4.69, 9.17) is 33.7 Å². The van der Waals surface area contributed by atoms with Crippen molar-refractivity contribution in [3.8, 4) is 16.9 Å². The summed E-state index contributed by atoms with van der Waals surface area (Å²) >= 11 is 12.4. The summed E-state index contributed by atoms with van der Waals surface area (Å²) in [5, 5.41) is 14.7. The summed E-state index contributed by atoms with van der Waals surface area (Å²) in [5.41, 5.74) is 8.12. The van der Waals surface area contributed by atoms with Gasteiger partial charge in [-0.15, -0.1) is 0 Å². The lowest BCUT2D eigenvalue weighted by Gasteiger charge is -2.19. The molecule has 174 valence electrons. The second-order valence-electron chi connectivity index (χ2n) is 9.10. The van der Waals surface area contributed by atoms with Gasteiger partial charge in [0.2, 0.25) is 0 Å². The zero-order valence-electron chi connectivity index (χ0n) is 18.1. The third-order valence-corrected chi connectivity index (χ3v) is 7.66. The maximum atomic E-state index is 13.9. The predicted octanol–water partition coefficient (Wildman–Crippen LogP) is 5.84. The number of halogens is 3. The van der Waals surface area contributed by atoms with Crippen LogP contribution in [0, 0.1) is 17.7 Å². The molecule has 33 heavy (non-hydrogen) atoms. The third kappa shape index (κ3) is 4.29. The van der Waals surface area contributed by atoms with Crippen LogP contribution in [0.2, 0.25) is 10.0 Å². The molecule has 0 spiro atoms. The Kier molecular flexibility index (Phi) is 5.97. The Morgan fingerprint density at radius 3 is 2.61 bits per heavy atom. The number of nitrogens with two attached hydrogens (primary N) is 1. The van der Waals surface area contributed by atoms with E-state index in [9.17, 15) is 9.50 Å². The Morgan fingerprint density at radius 2 is 1.88 bits per heavy atom. The number of nitrogens with zero attached hydrogens (tertiary/aromatic N) is 3. The normalized spacial score (nSPS) is 25.2. The maximum Gasteiger partial charge on any atom is 0.166 e. The highest BCUT2D eigenvalue weighted by molar-refractivity contribution is 6.36. The monoisotopic (exact) mass is 490 g/mol. The summed E-state index contributed by atoms with van der Waals surface area (Å²) in [7, 11) is 0. The molecule has 9 heteroatoms. The Bertz CT molecular complexity index is 1170. The molecule has 0 amide bonds. The van der Waals surface area contributed by atoms with Crippen LogP contribution in [0.25, 0.3) is 11.1 Å². The van der Waals surface area contributed by atoms with Crippen LogP contribution < -0.4 is 10.5 Å². The van der Waals surface area contributed by atoms with Gasteiger partial charge in [0.25, 0.3) is 0 Å². The van der Waals surface area contributed by atoms with Gasteiger partial charge < -0.3 is 15.6 Å². The number of fused-ring (bicyclic) bond motifs is 1. The topological polar surface area (TPSA) is 86.2 Å². The van der Waals surface area contributed by atoms with E-state index < -0.39 is 11.9 Å². The zero-order chi connectivity index (χ0) is 23.3. The number of aliphatic hydroxyl groups excluding tert-OH is 1. The maximum absolute atomic E-state index is 13.9. The molecule has 2 heterocycles. The van der Waals surface area contributed by atoms with Crippen molar-refractivity contribution in [1.29, 1.82) is 0 Å². The summed E-state index contributed by atoms with van der Waals surface area (Å²) in [5.74, 6) is 1.17. The van der Waals surface area contributed by atoms with Gasteiger partial charge in [0.1, 0.15) is 11.9 Å². The largest absolute Gasteiger partial charge is 0.482 e. The van der Waals surface area contributed by atoms with Gasteiger partial charge in [-0.05, 0) is 62.6 Å². The lowest BCUT2D eigenvalue weighted by Crippen LogP contribution is -2.09. The average molecular weight is 491 g/mol. The molecule has 0 saturated heterocycles. The second-order valence-corrected chi connectivity index (χ2v) is 9.89. The minimum atomic E-state index is -0.643. The third-order valence-electron chi connectivity index (χ3n) is 6.95. The summed E-state index contributed by atoms with van der Waals surface area (Å²) in [6.45, 7) is 1.73. The number of hydrogen-bond acceptors (Lipinski definition) is 5. The molecule has 2 aliphatic rings. The minimum Gasteiger partial charge on any atom is -0.482 e. The summed E-state index contributed by atoms with van der Waals surface area (Å²) in [4.78, 5) is 4.27. The van der Waals surface area contributed by atoms with Crippen LogP contribution in [0.5, 0.6) is 5.75 Å². The highest BCUT2D eigenvalue weighted by Crippen LogP contribution is 2.48. The number of rotatable bonds is 5. The van der Waals surface area contributed by atoms with Crippen molar-refractivity contribution in [1.82, 2.24) is 14.8 Å². The van der Waals surface area contributed by atoms with Crippen LogP contribution in [-0.4, -0.2) is 26.0 Å². The van der Waals surface area contributed by atoms with Crippen LogP contribution in [0.4, 0.5) is 10.2 Å². The molecule has 3 unspecified atom stereocenters. The molecule has 2 aliphatic carbocycles. The minimum absolute atomic E-state index is 0.0761. The lowest BCUT2D eigenvalue weighted by atomic mass is 10.0. The van der Waals surface area contributed by atoms with Crippen molar-refractivity contribution in [3.63, 3.8) is 0 Å². The molecule has 6 nitrogen and oxygen atoms in total. The van der Waals surface area contributed by atoms with Gasteiger partial charge in [0, 0.05) is 34.1 Å². The van der Waals surface area contributed by atoms with Gasteiger partial charge in [-0.1, -0.05) is 23.2 Å². The second kappa shape index (κ2) is 8.78. The van der Waals surface area contributed by atoms with E-state index in [1.165, 1.54) is 12.1 Å². The first-order valence-electron chi connectivity index (χ1n) is 11.1. The fourth-order valence-electron chi connectivity index (χ4n) is 5.33. The summed E-state index contributed by atoms with van der Waals surface area (Å²) in [6.07, 6.45) is 8.60. The highest BCUT2D eigenvalue weighted by Gasteiger charge is 2.41. The van der Waals surface area contributed by atoms with Gasteiger partial charge in [0.15, 0.2) is 11.6 Å². The van der Waals surface area contributed by atoms with Crippen LogP contribution in [-0.2, 0) is 0 Å². The first-order valence-corrected chi connectivity index (χ1v) is 11.8. The Hall–Kier alpha value is -2.35. The molecule has 1 aromatic carbocycles. The van der Waals surface area contributed by atoms with E-state index in [0.717, 1.165) is 36.8 Å². The molecule has 2 saturated carbocycles. The van der Waals surface area contributed by atoms with Crippen molar-refractivity contribution >= 4 is 29.0 Å². The number of benzene rings is 1. The zero-order valence-corrected chi connectivity index (χ0v) is 19.6. The molecule has 2 aromatic heterocycles. The number of nitrogen functional groups attached to an aromatic ring is 1. The number of ether oxygens (including phenoxy) is 1. The van der Waals surface area contributed by atoms with Crippen molar-refractivity contribution in [2.45, 2.75) is 50.9 Å². The van der Waals surface area contributed by atoms with Gasteiger partial charge in [-0.3, -0.25) is 4.68 Å². The van der Waals surface area contributed by atoms with Gasteiger partial charge >= 0.3 is 0 Å². The average Bonchev–Trinajstić information content (AvgIpc) is 3.47. The fourth-order valence-corrected chi connectivity index (χ4v) is 6.01. The Balaban J connectivity index is 1.35. The standard InChI is InChI=1S/C24H25Cl2FN4O2/c1-12(22-19(25)2-3-20(27)23(22)26)33-21-8-15(9-29-24(21)28)16-10-30-31(11-16)17-4-13-6-18(32)7-14(13)5-17/h2-3,8-14,17-18,32H,4-7H2,1H3,(H2,28,29). The molecule has 5 rings (SSSR count). The van der Waals surface area contributed by atoms with E-state index in [-0.39, 0.29) is 16.9 Å². The molecule has 0 bridgehead atoms. The van der Waals surface area contributed by atoms with E-state index >= 15 is 0 Å². The molecule has 3 N–H and O–H groups in total. The summed E-state index contributed by atoms with van der Waals surface area (Å²) in [6, 6.07) is 4.80. The molecular weight excluding hydrogens is 466 g/mol. The quantitative estimate of drug-likeness (QED) is 0.439. The Morgan fingerprint density at radius 1 is 1.15 bits per heavy atom. The van der Waals surface area contributed by atoms with Gasteiger partial charge in [-0.25, -0.2) is 9.37 Å². The van der Waals surface area contributed by atoms with E-state index in [1.54, 1.807) is 19.2 Å². The predicted molar refractivity (Wildman–Crippen MR) is 126 cm³/mol. The summed E-state index contributed by atoms with van der Waals surface area (Å²) < 4.78 is 22.0. The van der Waals surface area contributed by atoms with Crippen molar-refractivity contribution < 1.29 is 14.2 Å². The number of hydrogen-bond donors (Lipinski definition) is 2. The first kappa shape index (κ1) is 22.4. The van der Waals surface area contributed by atoms with Crippen LogP contribution in [0.1, 0.15) is 50.3 Å². The van der Waals surface area contributed by atoms with E-state index in [0.29, 0.717) is 34.2 Å². The number of pyridine rings is 1. The van der Waals surface area contributed by atoms with Gasteiger partial charge in [-0.2, -0.15) is 5.10 Å². The lowest BCUT2D eigenvalue weighted by molar-refractivity contribution is 0.168. The van der Waals surface area contributed by atoms with E-state index in [2.05, 4.69) is 10.1 Å². The molecule has 0 aliphatic heterocycles. The molecule has 3 aromatic rings. The van der Waals surface area contributed by atoms with Crippen molar-refractivity contribution in [2.75, 3.05) is 5.73 Å². The number of aliphatic hydroxyl groups is 1. The van der Waals surface area contributed by atoms with E-state index in [1.807, 2.05) is 17.1 Å². The van der Waals surface area contributed by atoms with Crippen molar-refractivity contribution in [2.24, 2.45) is 11.8 Å². The number of anilines is 1. The Labute approximate surface area is 201 Å². The molecule has 2 fully saturated rings. The fraction of sp³-hybridized carbons (Fsp3) is 0.417. The van der Waals surface area contributed by atoms with Crippen LogP contribution in [0.3, 0.4) is 0 Å². The molecule has 3 atom stereocenters. The van der Waals surface area contributed by atoms with Gasteiger partial charge in [0.05, 0.1) is 23.4 Å². The van der Waals surface area contributed by atoms with Crippen molar-refractivity contribution in [3.05, 3.63) is 58.2 Å². The first-order chi connectivity index (χ1) is 15.8. The van der Waals surface area contributed by atoms with Crippen LogP contribution in [0.15, 0.2) is 36.8 Å². The SMILES string of the molecule is CC(Oc1cc(-c2cnn(C3CC4CC(O)CC4C3)c2)cnc1N)c1c(Cl)ccc(F)c1Cl. The highest BCUT2D eigenvalue weighted by atomic mass is 35.5. The molecular formula is C24H25Cl2FN4O2. The smallest absolute Gasteiger partial charge is 0.166 e. The molecule has 0 radical (unpaired) electrons.